The van der Waals surface area contributed by atoms with Crippen LogP contribution in [0.1, 0.15) is 25.0 Å². The van der Waals surface area contributed by atoms with Crippen molar-refractivity contribution < 1.29 is 4.79 Å². The van der Waals surface area contributed by atoms with Gasteiger partial charge in [-0.15, -0.1) is 0 Å². The first kappa shape index (κ1) is 15.4. The smallest absolute Gasteiger partial charge is 0.308 e. The minimum Gasteiger partial charge on any atom is -0.308 e. The van der Waals surface area contributed by atoms with Gasteiger partial charge in [0.1, 0.15) is 0 Å². The molecule has 0 heterocycles. The molecule has 110 valence electrons. The van der Waals surface area contributed by atoms with E-state index in [1.165, 1.54) is 0 Å². The van der Waals surface area contributed by atoms with Crippen LogP contribution in [0.4, 0.5) is 16.2 Å². The first-order chi connectivity index (χ1) is 10.1. The fourth-order valence-corrected chi connectivity index (χ4v) is 2.44. The number of carbonyl (C=O) groups is 1. The number of para-hydroxylation sites is 1. The predicted molar refractivity (Wildman–Crippen MR) is 89.3 cm³/mol. The Morgan fingerprint density at radius 1 is 1.00 bits per heavy atom. The van der Waals surface area contributed by atoms with Gasteiger partial charge in [-0.3, -0.25) is 0 Å². The summed E-state index contributed by atoms with van der Waals surface area (Å²) in [5.74, 6) is 0. The molecule has 2 aromatic rings. The Kier molecular flexibility index (Phi) is 5.23. The average Bonchev–Trinajstić information content (AvgIpc) is 2.47. The van der Waals surface area contributed by atoms with Crippen LogP contribution in [0.3, 0.4) is 0 Å². The molecule has 0 atom stereocenters. The van der Waals surface area contributed by atoms with Crippen LogP contribution in [0, 0.1) is 0 Å². The maximum absolute atomic E-state index is 12.2. The van der Waals surface area contributed by atoms with E-state index < -0.39 is 0 Å². The average molecular weight is 303 g/mol. The predicted octanol–water partition coefficient (Wildman–Crippen LogP) is 5.11. The molecule has 2 rings (SSSR count). The molecule has 0 spiro atoms. The highest BCUT2D eigenvalue weighted by atomic mass is 35.5. The molecule has 0 aromatic heterocycles. The Balaban J connectivity index is 2.16. The van der Waals surface area contributed by atoms with Crippen LogP contribution in [-0.2, 0) is 12.8 Å². The molecular weight excluding hydrogens is 284 g/mol. The number of carbonyl (C=O) groups excluding carboxylic acids is 1. The van der Waals surface area contributed by atoms with E-state index in [0.29, 0.717) is 10.7 Å². The molecule has 0 aliphatic rings. The van der Waals surface area contributed by atoms with Crippen LogP contribution >= 0.6 is 11.6 Å². The molecule has 0 bridgehead atoms. The van der Waals surface area contributed by atoms with Gasteiger partial charge in [0.2, 0.25) is 0 Å². The topological polar surface area (TPSA) is 41.1 Å². The second-order valence-corrected chi connectivity index (χ2v) is 5.18. The molecule has 2 N–H and O–H groups in total. The van der Waals surface area contributed by atoms with Crippen molar-refractivity contribution >= 4 is 29.0 Å². The SMILES string of the molecule is CCc1cccc(CC)c1NC(=O)Nc1cccc(Cl)c1. The lowest BCUT2D eigenvalue weighted by Crippen LogP contribution is -2.21. The van der Waals surface area contributed by atoms with Gasteiger partial charge in [0.05, 0.1) is 0 Å². The Morgan fingerprint density at radius 3 is 2.19 bits per heavy atom. The van der Waals surface area contributed by atoms with E-state index >= 15 is 0 Å². The van der Waals surface area contributed by atoms with Crippen LogP contribution in [0.5, 0.6) is 0 Å². The lowest BCUT2D eigenvalue weighted by molar-refractivity contribution is 0.262. The molecule has 0 aliphatic heterocycles. The number of hydrogen-bond acceptors (Lipinski definition) is 1. The van der Waals surface area contributed by atoms with E-state index in [2.05, 4.69) is 24.5 Å². The van der Waals surface area contributed by atoms with E-state index in [9.17, 15) is 4.79 Å². The van der Waals surface area contributed by atoms with Crippen molar-refractivity contribution in [3.05, 3.63) is 58.6 Å². The van der Waals surface area contributed by atoms with Crippen molar-refractivity contribution in [2.45, 2.75) is 26.7 Å². The number of aryl methyl sites for hydroxylation is 2. The maximum Gasteiger partial charge on any atom is 0.323 e. The van der Waals surface area contributed by atoms with Crippen molar-refractivity contribution in [2.75, 3.05) is 10.6 Å². The summed E-state index contributed by atoms with van der Waals surface area (Å²) in [6.45, 7) is 4.16. The Labute approximate surface area is 130 Å². The van der Waals surface area contributed by atoms with Crippen molar-refractivity contribution in [3.8, 4) is 0 Å². The number of amides is 2. The normalized spacial score (nSPS) is 10.2. The van der Waals surface area contributed by atoms with E-state index in [0.717, 1.165) is 29.7 Å². The molecule has 3 nitrogen and oxygen atoms in total. The van der Waals surface area contributed by atoms with Gasteiger partial charge in [0, 0.05) is 16.4 Å². The van der Waals surface area contributed by atoms with E-state index in [4.69, 9.17) is 11.6 Å². The number of benzene rings is 2. The highest BCUT2D eigenvalue weighted by molar-refractivity contribution is 6.30. The largest absolute Gasteiger partial charge is 0.323 e. The van der Waals surface area contributed by atoms with Gasteiger partial charge in [-0.2, -0.15) is 0 Å². The van der Waals surface area contributed by atoms with Gasteiger partial charge in [0.15, 0.2) is 0 Å². The minimum atomic E-state index is -0.257. The summed E-state index contributed by atoms with van der Waals surface area (Å²) in [5, 5.41) is 6.35. The number of hydrogen-bond donors (Lipinski definition) is 2. The lowest BCUT2D eigenvalue weighted by atomic mass is 10.0. The second kappa shape index (κ2) is 7.14. The van der Waals surface area contributed by atoms with Crippen molar-refractivity contribution in [3.63, 3.8) is 0 Å². The van der Waals surface area contributed by atoms with E-state index in [-0.39, 0.29) is 6.03 Å². The van der Waals surface area contributed by atoms with Crippen molar-refractivity contribution in [2.24, 2.45) is 0 Å². The number of nitrogens with one attached hydrogen (secondary N) is 2. The van der Waals surface area contributed by atoms with Crippen LogP contribution in [0.2, 0.25) is 5.02 Å². The van der Waals surface area contributed by atoms with E-state index in [1.54, 1.807) is 24.3 Å². The van der Waals surface area contributed by atoms with Gasteiger partial charge in [0.25, 0.3) is 0 Å². The molecule has 0 unspecified atom stereocenters. The van der Waals surface area contributed by atoms with Gasteiger partial charge in [-0.05, 0) is 42.2 Å². The minimum absolute atomic E-state index is 0.257. The molecule has 0 fully saturated rings. The summed E-state index contributed by atoms with van der Waals surface area (Å²) in [6, 6.07) is 12.9. The third-order valence-electron chi connectivity index (χ3n) is 3.32. The van der Waals surface area contributed by atoms with Crippen LogP contribution in [-0.4, -0.2) is 6.03 Å². The van der Waals surface area contributed by atoms with Crippen molar-refractivity contribution in [1.29, 1.82) is 0 Å². The summed E-state index contributed by atoms with van der Waals surface area (Å²) in [4.78, 5) is 12.2. The maximum atomic E-state index is 12.2. The lowest BCUT2D eigenvalue weighted by Gasteiger charge is -2.15. The van der Waals surface area contributed by atoms with Gasteiger partial charge in [-0.1, -0.05) is 49.7 Å². The van der Waals surface area contributed by atoms with Crippen LogP contribution < -0.4 is 10.6 Å². The first-order valence-electron chi connectivity index (χ1n) is 7.08. The van der Waals surface area contributed by atoms with Gasteiger partial charge in [-0.25, -0.2) is 4.79 Å². The molecule has 4 heteroatoms. The number of urea groups is 1. The molecule has 0 aliphatic carbocycles. The first-order valence-corrected chi connectivity index (χ1v) is 7.46. The highest BCUT2D eigenvalue weighted by Gasteiger charge is 2.10. The summed E-state index contributed by atoms with van der Waals surface area (Å²) >= 11 is 5.91. The Morgan fingerprint density at radius 2 is 1.62 bits per heavy atom. The summed E-state index contributed by atoms with van der Waals surface area (Å²) in [5.41, 5.74) is 3.85. The molecule has 21 heavy (non-hydrogen) atoms. The van der Waals surface area contributed by atoms with Crippen molar-refractivity contribution in [1.82, 2.24) is 0 Å². The summed E-state index contributed by atoms with van der Waals surface area (Å²) < 4.78 is 0. The molecule has 2 amide bonds. The Hall–Kier alpha value is -2.00. The molecule has 2 aromatic carbocycles. The highest BCUT2D eigenvalue weighted by Crippen LogP contribution is 2.23. The number of rotatable bonds is 4. The van der Waals surface area contributed by atoms with E-state index in [1.807, 2.05) is 18.2 Å². The standard InChI is InChI=1S/C17H19ClN2O/c1-3-12-7-5-8-13(4-2)16(12)20-17(21)19-15-10-6-9-14(18)11-15/h5-11H,3-4H2,1-2H3,(H2,19,20,21). The second-order valence-electron chi connectivity index (χ2n) is 4.75. The third kappa shape index (κ3) is 3.99. The zero-order chi connectivity index (χ0) is 15.2. The molecule has 0 radical (unpaired) electrons. The molecular formula is C17H19ClN2O. The Bertz CT molecular complexity index is 618. The van der Waals surface area contributed by atoms with Gasteiger partial charge < -0.3 is 10.6 Å². The third-order valence-corrected chi connectivity index (χ3v) is 3.55. The fraction of sp³-hybridized carbons (Fsp3) is 0.235. The fourth-order valence-electron chi connectivity index (χ4n) is 2.25. The van der Waals surface area contributed by atoms with Crippen LogP contribution in [0.15, 0.2) is 42.5 Å². The summed E-state index contributed by atoms with van der Waals surface area (Å²) in [6.07, 6.45) is 1.75. The summed E-state index contributed by atoms with van der Waals surface area (Å²) in [7, 11) is 0. The van der Waals surface area contributed by atoms with Crippen LogP contribution in [0.25, 0.3) is 0 Å². The number of anilines is 2. The monoisotopic (exact) mass is 302 g/mol. The number of halogens is 1. The zero-order valence-electron chi connectivity index (χ0n) is 12.2. The molecule has 0 saturated carbocycles. The quantitative estimate of drug-likeness (QED) is 0.809. The van der Waals surface area contributed by atoms with Gasteiger partial charge >= 0.3 is 6.03 Å². The molecule has 0 saturated heterocycles. The zero-order valence-corrected chi connectivity index (χ0v) is 13.0.